The molecule has 1 saturated carbocycles. The van der Waals surface area contributed by atoms with Gasteiger partial charge >= 0.3 is 0 Å². The van der Waals surface area contributed by atoms with E-state index in [-0.39, 0.29) is 11.6 Å². The Morgan fingerprint density at radius 3 is 2.44 bits per heavy atom. The topological polar surface area (TPSA) is 69.4 Å². The third-order valence-corrected chi connectivity index (χ3v) is 2.96. The molecule has 0 spiro atoms. The van der Waals surface area contributed by atoms with Crippen LogP contribution in [-0.4, -0.2) is 11.6 Å². The van der Waals surface area contributed by atoms with E-state index in [1.807, 2.05) is 6.92 Å². The van der Waals surface area contributed by atoms with Crippen LogP contribution in [0.2, 0.25) is 0 Å². The quantitative estimate of drug-likeness (QED) is 0.600. The fourth-order valence-electron chi connectivity index (χ4n) is 2.06. The Bertz CT molecular complexity index is 438. The van der Waals surface area contributed by atoms with Crippen molar-refractivity contribution >= 4 is 11.6 Å². The molecule has 0 amide bonds. The minimum Gasteiger partial charge on any atom is -0.412 e. The zero-order valence-corrected chi connectivity index (χ0v) is 9.03. The van der Waals surface area contributed by atoms with E-state index in [0.717, 1.165) is 11.1 Å². The molecule has 1 aromatic rings. The second-order valence-electron chi connectivity index (χ2n) is 4.00. The van der Waals surface area contributed by atoms with Crippen LogP contribution >= 0.6 is 0 Å². The van der Waals surface area contributed by atoms with Crippen molar-refractivity contribution < 1.29 is 14.4 Å². The standard InChI is InChI=1S/C12H13NO3/c1-7-2-3-8(16-13)6-9(7)12-10(14)4-5-11(12)15/h2-3,6,12H,4-5,13H2,1H3. The van der Waals surface area contributed by atoms with Gasteiger partial charge in [0.25, 0.3) is 0 Å². The molecule has 0 radical (unpaired) electrons. The maximum Gasteiger partial charge on any atom is 0.148 e. The fourth-order valence-corrected chi connectivity index (χ4v) is 2.06. The number of hydrogen-bond acceptors (Lipinski definition) is 4. The Labute approximate surface area is 93.3 Å². The Morgan fingerprint density at radius 1 is 1.25 bits per heavy atom. The number of carbonyl (C=O) groups excluding carboxylic acids is 2. The van der Waals surface area contributed by atoms with Gasteiger partial charge in [-0.15, -0.1) is 0 Å². The normalized spacial score (nSPS) is 16.9. The van der Waals surface area contributed by atoms with Crippen molar-refractivity contribution in [2.24, 2.45) is 5.90 Å². The summed E-state index contributed by atoms with van der Waals surface area (Å²) in [4.78, 5) is 27.9. The molecule has 4 heteroatoms. The summed E-state index contributed by atoms with van der Waals surface area (Å²) in [5.74, 6) is 4.89. The molecule has 2 N–H and O–H groups in total. The molecule has 0 heterocycles. The number of rotatable bonds is 2. The van der Waals surface area contributed by atoms with Gasteiger partial charge < -0.3 is 4.84 Å². The highest BCUT2D eigenvalue weighted by atomic mass is 16.6. The van der Waals surface area contributed by atoms with Gasteiger partial charge in [0.05, 0.1) is 0 Å². The van der Waals surface area contributed by atoms with Crippen molar-refractivity contribution in [2.45, 2.75) is 25.7 Å². The Hall–Kier alpha value is -1.68. The summed E-state index contributed by atoms with van der Waals surface area (Å²) >= 11 is 0. The Morgan fingerprint density at radius 2 is 1.88 bits per heavy atom. The maximum absolute atomic E-state index is 11.6. The molecule has 84 valence electrons. The molecule has 0 aliphatic heterocycles. The first kappa shape index (κ1) is 10.8. The van der Waals surface area contributed by atoms with E-state index in [1.54, 1.807) is 18.2 Å². The molecule has 1 aliphatic rings. The van der Waals surface area contributed by atoms with E-state index in [0.29, 0.717) is 18.6 Å². The monoisotopic (exact) mass is 219 g/mol. The lowest BCUT2D eigenvalue weighted by Crippen LogP contribution is -2.14. The number of benzene rings is 1. The minimum atomic E-state index is -0.616. The molecule has 0 atom stereocenters. The summed E-state index contributed by atoms with van der Waals surface area (Å²) in [7, 11) is 0. The summed E-state index contributed by atoms with van der Waals surface area (Å²) in [6.45, 7) is 1.87. The highest BCUT2D eigenvalue weighted by Crippen LogP contribution is 2.32. The van der Waals surface area contributed by atoms with Crippen molar-refractivity contribution in [2.75, 3.05) is 0 Å². The summed E-state index contributed by atoms with van der Waals surface area (Å²) in [6.07, 6.45) is 0.688. The highest BCUT2D eigenvalue weighted by Gasteiger charge is 2.35. The zero-order chi connectivity index (χ0) is 11.7. The van der Waals surface area contributed by atoms with Crippen LogP contribution in [0.4, 0.5) is 0 Å². The average molecular weight is 219 g/mol. The van der Waals surface area contributed by atoms with Crippen LogP contribution in [0, 0.1) is 6.92 Å². The van der Waals surface area contributed by atoms with Crippen molar-refractivity contribution in [3.8, 4) is 5.75 Å². The van der Waals surface area contributed by atoms with E-state index in [4.69, 9.17) is 5.90 Å². The minimum absolute atomic E-state index is 0.0118. The fraction of sp³-hybridized carbons (Fsp3) is 0.333. The van der Waals surface area contributed by atoms with Gasteiger partial charge in [-0.2, -0.15) is 5.90 Å². The largest absolute Gasteiger partial charge is 0.412 e. The number of ketones is 2. The molecule has 4 nitrogen and oxygen atoms in total. The Kier molecular flexibility index (Phi) is 2.75. The van der Waals surface area contributed by atoms with Crippen molar-refractivity contribution in [1.82, 2.24) is 0 Å². The summed E-state index contributed by atoms with van der Waals surface area (Å²) in [5, 5.41) is 0. The van der Waals surface area contributed by atoms with Gasteiger partial charge in [0, 0.05) is 12.8 Å². The molecular weight excluding hydrogens is 206 g/mol. The molecule has 16 heavy (non-hydrogen) atoms. The summed E-state index contributed by atoms with van der Waals surface area (Å²) in [6, 6.07) is 5.18. The van der Waals surface area contributed by atoms with Crippen LogP contribution in [0.15, 0.2) is 18.2 Å². The van der Waals surface area contributed by atoms with E-state index in [9.17, 15) is 9.59 Å². The first-order chi connectivity index (χ1) is 7.63. The first-order valence-electron chi connectivity index (χ1n) is 5.16. The predicted molar refractivity (Wildman–Crippen MR) is 58.0 cm³/mol. The smallest absolute Gasteiger partial charge is 0.148 e. The van der Waals surface area contributed by atoms with Crippen LogP contribution in [0.5, 0.6) is 5.75 Å². The third kappa shape index (κ3) is 1.72. The predicted octanol–water partition coefficient (Wildman–Crippen LogP) is 1.26. The van der Waals surface area contributed by atoms with Crippen LogP contribution < -0.4 is 10.7 Å². The van der Waals surface area contributed by atoms with Gasteiger partial charge in [-0.25, -0.2) is 0 Å². The SMILES string of the molecule is Cc1ccc(ON)cc1C1C(=O)CCC1=O. The lowest BCUT2D eigenvalue weighted by Gasteiger charge is -2.12. The van der Waals surface area contributed by atoms with Gasteiger partial charge in [-0.3, -0.25) is 9.59 Å². The van der Waals surface area contributed by atoms with E-state index in [1.165, 1.54) is 0 Å². The maximum atomic E-state index is 11.6. The van der Waals surface area contributed by atoms with Crippen LogP contribution in [0.3, 0.4) is 0 Å². The first-order valence-corrected chi connectivity index (χ1v) is 5.16. The van der Waals surface area contributed by atoms with Gasteiger partial charge in [0.1, 0.15) is 23.2 Å². The van der Waals surface area contributed by atoms with Crippen LogP contribution in [0.1, 0.15) is 29.9 Å². The Balaban J connectivity index is 2.46. The van der Waals surface area contributed by atoms with Crippen molar-refractivity contribution in [3.05, 3.63) is 29.3 Å². The van der Waals surface area contributed by atoms with Gasteiger partial charge in [-0.1, -0.05) is 6.07 Å². The molecule has 1 aliphatic carbocycles. The number of Topliss-reactive ketones (excluding diaryl/α,β-unsaturated/α-hetero) is 2. The molecule has 2 rings (SSSR count). The van der Waals surface area contributed by atoms with Crippen molar-refractivity contribution in [1.29, 1.82) is 0 Å². The number of hydrogen-bond donors (Lipinski definition) is 1. The number of nitrogens with two attached hydrogens (primary N) is 1. The molecular formula is C12H13NO3. The second-order valence-corrected chi connectivity index (χ2v) is 4.00. The number of carbonyl (C=O) groups is 2. The lowest BCUT2D eigenvalue weighted by atomic mass is 9.92. The second kappa shape index (κ2) is 4.06. The highest BCUT2D eigenvalue weighted by molar-refractivity contribution is 6.13. The molecule has 1 fully saturated rings. The summed E-state index contributed by atoms with van der Waals surface area (Å²) in [5.41, 5.74) is 1.63. The molecule has 0 saturated heterocycles. The number of aryl methyl sites for hydroxylation is 1. The van der Waals surface area contributed by atoms with Crippen LogP contribution in [-0.2, 0) is 9.59 Å². The van der Waals surface area contributed by atoms with Crippen molar-refractivity contribution in [3.63, 3.8) is 0 Å². The average Bonchev–Trinajstić information content (AvgIpc) is 2.60. The van der Waals surface area contributed by atoms with Gasteiger partial charge in [0.2, 0.25) is 0 Å². The van der Waals surface area contributed by atoms with E-state index in [2.05, 4.69) is 4.84 Å². The zero-order valence-electron chi connectivity index (χ0n) is 9.03. The van der Waals surface area contributed by atoms with Gasteiger partial charge in [0.15, 0.2) is 0 Å². The molecule has 1 aromatic carbocycles. The van der Waals surface area contributed by atoms with E-state index < -0.39 is 5.92 Å². The molecule has 0 aromatic heterocycles. The summed E-state index contributed by atoms with van der Waals surface area (Å²) < 4.78 is 0. The van der Waals surface area contributed by atoms with E-state index >= 15 is 0 Å². The third-order valence-electron chi connectivity index (χ3n) is 2.96. The van der Waals surface area contributed by atoms with Gasteiger partial charge in [-0.05, 0) is 30.2 Å². The van der Waals surface area contributed by atoms with Crippen LogP contribution in [0.25, 0.3) is 0 Å². The molecule has 0 unspecified atom stereocenters. The lowest BCUT2D eigenvalue weighted by molar-refractivity contribution is -0.123. The molecule has 0 bridgehead atoms.